The molecule has 1 aromatic heterocycles. The molecule has 2 aliphatic rings. The fraction of sp³-hybridized carbons (Fsp3) is 0.318. The molecule has 3 aromatic rings. The van der Waals surface area contributed by atoms with E-state index in [1.165, 1.54) is 0 Å². The molecule has 2 aliphatic heterocycles. The van der Waals surface area contributed by atoms with Gasteiger partial charge in [0.25, 0.3) is 0 Å². The van der Waals surface area contributed by atoms with E-state index in [2.05, 4.69) is 10.3 Å². The number of ether oxygens (including phenoxy) is 2. The Kier molecular flexibility index (Phi) is 4.52. The maximum absolute atomic E-state index is 13.6. The molecule has 1 saturated heterocycles. The number of fused-ring (bicyclic) bond motifs is 2. The summed E-state index contributed by atoms with van der Waals surface area (Å²) in [6.07, 6.45) is 2.76. The molecule has 0 bridgehead atoms. The van der Waals surface area contributed by atoms with Crippen LogP contribution in [0.25, 0.3) is 0 Å². The van der Waals surface area contributed by atoms with Crippen LogP contribution in [0.2, 0.25) is 0 Å². The Hall–Kier alpha value is -3.19. The third-order valence-corrected chi connectivity index (χ3v) is 5.63. The van der Waals surface area contributed by atoms with Crippen molar-refractivity contribution in [1.82, 2.24) is 19.9 Å². The number of para-hydroxylation sites is 2. The second kappa shape index (κ2) is 7.33. The summed E-state index contributed by atoms with van der Waals surface area (Å²) in [7, 11) is 1.64. The smallest absolute Gasteiger partial charge is 0.234 e. The average Bonchev–Trinajstić information content (AvgIpc) is 3.41. The first-order chi connectivity index (χ1) is 14.2. The molecule has 0 radical (unpaired) electrons. The van der Waals surface area contributed by atoms with Crippen molar-refractivity contribution >= 4 is 5.91 Å². The molecular weight excluding hydrogens is 368 g/mol. The quantitative estimate of drug-likeness (QED) is 0.685. The standard InChI is InChI=1S/C22H22N4O3/c1-28-14-15-12-26(24-23-15)16-10-11-25(13-16)22(27)21-17-6-2-4-8-19(17)29-20-9-5-3-7-18(20)21/h2-9,12,16,21H,10-11,13-14H2,1H3/t16-/m0/s1. The van der Waals surface area contributed by atoms with Gasteiger partial charge in [-0.05, 0) is 18.6 Å². The van der Waals surface area contributed by atoms with E-state index in [9.17, 15) is 4.79 Å². The highest BCUT2D eigenvalue weighted by molar-refractivity contribution is 5.90. The van der Waals surface area contributed by atoms with Gasteiger partial charge in [-0.3, -0.25) is 4.79 Å². The molecule has 0 unspecified atom stereocenters. The van der Waals surface area contributed by atoms with Gasteiger partial charge in [0.1, 0.15) is 17.2 Å². The largest absolute Gasteiger partial charge is 0.457 e. The number of nitrogens with zero attached hydrogens (tertiary/aromatic N) is 4. The van der Waals surface area contributed by atoms with Crippen LogP contribution >= 0.6 is 0 Å². The minimum Gasteiger partial charge on any atom is -0.457 e. The summed E-state index contributed by atoms with van der Waals surface area (Å²) in [5.41, 5.74) is 2.63. The minimum absolute atomic E-state index is 0.105. The zero-order valence-electron chi connectivity index (χ0n) is 16.2. The second-order valence-electron chi connectivity index (χ2n) is 7.46. The summed E-state index contributed by atoms with van der Waals surface area (Å²) in [6, 6.07) is 15.7. The molecule has 0 spiro atoms. The fourth-order valence-corrected chi connectivity index (χ4v) is 4.22. The highest BCUT2D eigenvalue weighted by atomic mass is 16.5. The summed E-state index contributed by atoms with van der Waals surface area (Å²) in [5.74, 6) is 1.25. The lowest BCUT2D eigenvalue weighted by Crippen LogP contribution is -2.35. The van der Waals surface area contributed by atoms with Crippen LogP contribution in [-0.2, 0) is 16.1 Å². The van der Waals surface area contributed by atoms with E-state index in [1.54, 1.807) is 7.11 Å². The van der Waals surface area contributed by atoms with E-state index in [0.717, 1.165) is 34.7 Å². The average molecular weight is 390 g/mol. The monoisotopic (exact) mass is 390 g/mol. The maximum Gasteiger partial charge on any atom is 0.234 e. The number of hydrogen-bond acceptors (Lipinski definition) is 5. The van der Waals surface area contributed by atoms with Crippen LogP contribution in [0.1, 0.15) is 35.2 Å². The molecule has 7 heteroatoms. The molecule has 1 atom stereocenters. The van der Waals surface area contributed by atoms with E-state index in [0.29, 0.717) is 19.7 Å². The van der Waals surface area contributed by atoms with Crippen molar-refractivity contribution in [1.29, 1.82) is 0 Å². The lowest BCUT2D eigenvalue weighted by atomic mass is 9.87. The van der Waals surface area contributed by atoms with Crippen LogP contribution in [0, 0.1) is 0 Å². The Morgan fingerprint density at radius 3 is 2.52 bits per heavy atom. The van der Waals surface area contributed by atoms with Crippen molar-refractivity contribution in [2.45, 2.75) is 25.0 Å². The number of rotatable bonds is 4. The van der Waals surface area contributed by atoms with Gasteiger partial charge < -0.3 is 14.4 Å². The van der Waals surface area contributed by atoms with E-state index in [-0.39, 0.29) is 17.9 Å². The maximum atomic E-state index is 13.6. The van der Waals surface area contributed by atoms with Crippen molar-refractivity contribution in [2.75, 3.05) is 20.2 Å². The third kappa shape index (κ3) is 3.17. The number of amides is 1. The molecule has 1 fully saturated rings. The Balaban J connectivity index is 1.41. The number of hydrogen-bond donors (Lipinski definition) is 0. The van der Waals surface area contributed by atoms with E-state index in [1.807, 2.05) is 64.3 Å². The van der Waals surface area contributed by atoms with Gasteiger partial charge in [0.15, 0.2) is 0 Å². The lowest BCUT2D eigenvalue weighted by molar-refractivity contribution is -0.131. The van der Waals surface area contributed by atoms with Gasteiger partial charge >= 0.3 is 0 Å². The molecule has 29 heavy (non-hydrogen) atoms. The molecule has 5 rings (SSSR count). The van der Waals surface area contributed by atoms with Gasteiger partial charge in [-0.2, -0.15) is 0 Å². The predicted octanol–water partition coefficient (Wildman–Crippen LogP) is 3.14. The zero-order chi connectivity index (χ0) is 19.8. The zero-order valence-corrected chi connectivity index (χ0v) is 16.2. The predicted molar refractivity (Wildman–Crippen MR) is 106 cm³/mol. The van der Waals surface area contributed by atoms with Crippen LogP contribution in [0.5, 0.6) is 11.5 Å². The first-order valence-corrected chi connectivity index (χ1v) is 9.78. The normalized spacial score (nSPS) is 18.2. The van der Waals surface area contributed by atoms with Crippen LogP contribution in [0.15, 0.2) is 54.7 Å². The van der Waals surface area contributed by atoms with Gasteiger partial charge in [0, 0.05) is 31.3 Å². The highest BCUT2D eigenvalue weighted by Gasteiger charge is 2.38. The summed E-state index contributed by atoms with van der Waals surface area (Å²) in [6.45, 7) is 1.76. The summed E-state index contributed by atoms with van der Waals surface area (Å²) < 4.78 is 13.0. The van der Waals surface area contributed by atoms with Crippen LogP contribution in [0.4, 0.5) is 0 Å². The molecule has 0 saturated carbocycles. The van der Waals surface area contributed by atoms with Crippen molar-refractivity contribution in [2.24, 2.45) is 0 Å². The van der Waals surface area contributed by atoms with Crippen LogP contribution < -0.4 is 4.74 Å². The van der Waals surface area contributed by atoms with Gasteiger partial charge in [-0.1, -0.05) is 41.6 Å². The summed E-state index contributed by atoms with van der Waals surface area (Å²) in [4.78, 5) is 15.6. The molecule has 0 N–H and O–H groups in total. The Morgan fingerprint density at radius 2 is 1.83 bits per heavy atom. The number of carbonyl (C=O) groups is 1. The summed E-state index contributed by atoms with van der Waals surface area (Å²) >= 11 is 0. The number of carbonyl (C=O) groups excluding carboxylic acids is 1. The topological polar surface area (TPSA) is 69.5 Å². The van der Waals surface area contributed by atoms with Crippen molar-refractivity contribution in [3.8, 4) is 11.5 Å². The van der Waals surface area contributed by atoms with E-state index < -0.39 is 0 Å². The lowest BCUT2D eigenvalue weighted by Gasteiger charge is -2.30. The van der Waals surface area contributed by atoms with Gasteiger partial charge in [-0.25, -0.2) is 4.68 Å². The number of benzene rings is 2. The Morgan fingerprint density at radius 1 is 1.14 bits per heavy atom. The molecule has 7 nitrogen and oxygen atoms in total. The minimum atomic E-state index is -0.352. The number of methoxy groups -OCH3 is 1. The summed E-state index contributed by atoms with van der Waals surface area (Å²) in [5, 5.41) is 8.36. The van der Waals surface area contributed by atoms with Crippen molar-refractivity contribution in [3.63, 3.8) is 0 Å². The molecule has 3 heterocycles. The molecular formula is C22H22N4O3. The first kappa shape index (κ1) is 17.9. The van der Waals surface area contributed by atoms with Crippen molar-refractivity contribution in [3.05, 3.63) is 71.5 Å². The number of aromatic nitrogens is 3. The van der Waals surface area contributed by atoms with Gasteiger partial charge in [-0.15, -0.1) is 5.10 Å². The fourth-order valence-electron chi connectivity index (χ4n) is 4.22. The van der Waals surface area contributed by atoms with E-state index >= 15 is 0 Å². The van der Waals surface area contributed by atoms with E-state index in [4.69, 9.17) is 9.47 Å². The molecule has 1 amide bonds. The third-order valence-electron chi connectivity index (χ3n) is 5.63. The molecule has 0 aliphatic carbocycles. The molecule has 148 valence electrons. The number of likely N-dealkylation sites (tertiary alicyclic amines) is 1. The Labute approximate surface area is 168 Å². The van der Waals surface area contributed by atoms with Crippen molar-refractivity contribution < 1.29 is 14.3 Å². The Bertz CT molecular complexity index is 1000. The van der Waals surface area contributed by atoms with Crippen LogP contribution in [-0.4, -0.2) is 46.0 Å². The van der Waals surface area contributed by atoms with Gasteiger partial charge in [0.2, 0.25) is 5.91 Å². The second-order valence-corrected chi connectivity index (χ2v) is 7.46. The highest BCUT2D eigenvalue weighted by Crippen LogP contribution is 2.45. The SMILES string of the molecule is COCc1cn([C@H]2CCN(C(=O)C3c4ccccc4Oc4ccccc43)C2)nn1. The van der Waals surface area contributed by atoms with Crippen LogP contribution in [0.3, 0.4) is 0 Å². The van der Waals surface area contributed by atoms with Gasteiger partial charge in [0.05, 0.1) is 24.8 Å². The first-order valence-electron chi connectivity index (χ1n) is 9.78. The molecule has 2 aromatic carbocycles.